The molecule has 2 aromatic heterocycles. The molecule has 2 aromatic rings. The second-order valence-electron chi connectivity index (χ2n) is 5.95. The molecule has 2 heterocycles. The molecular formula is C17H22N2O2S. The molecule has 5 heteroatoms. The monoisotopic (exact) mass is 318 g/mol. The number of carbonyl (C=O) groups excluding carboxylic acids is 1. The van der Waals surface area contributed by atoms with Crippen molar-refractivity contribution in [2.45, 2.75) is 51.4 Å². The number of rotatable bonds is 5. The van der Waals surface area contributed by atoms with E-state index >= 15 is 0 Å². The summed E-state index contributed by atoms with van der Waals surface area (Å²) in [5.74, 6) is 1.32. The normalized spacial score (nSPS) is 15.9. The molecule has 1 aliphatic rings. The maximum atomic E-state index is 11.9. The molecule has 0 aliphatic heterocycles. The highest BCUT2D eigenvalue weighted by Gasteiger charge is 2.18. The maximum absolute atomic E-state index is 11.9. The molecule has 0 atom stereocenters. The average Bonchev–Trinajstić information content (AvgIpc) is 3.17. The van der Waals surface area contributed by atoms with Crippen LogP contribution in [-0.4, -0.2) is 17.4 Å². The van der Waals surface area contributed by atoms with E-state index in [-0.39, 0.29) is 5.91 Å². The predicted octanol–water partition coefficient (Wildman–Crippen LogP) is 4.06. The Labute approximate surface area is 134 Å². The first-order chi connectivity index (χ1) is 10.7. The number of hydrogen-bond donors (Lipinski definition) is 1. The van der Waals surface area contributed by atoms with Crippen LogP contribution in [0.2, 0.25) is 0 Å². The Morgan fingerprint density at radius 1 is 1.41 bits per heavy atom. The molecule has 0 unspecified atom stereocenters. The van der Waals surface area contributed by atoms with Crippen LogP contribution in [0.15, 0.2) is 22.1 Å². The Morgan fingerprint density at radius 3 is 2.95 bits per heavy atom. The van der Waals surface area contributed by atoms with Gasteiger partial charge in [-0.15, -0.1) is 11.3 Å². The molecule has 118 valence electrons. The van der Waals surface area contributed by atoms with Gasteiger partial charge in [-0.1, -0.05) is 19.3 Å². The molecule has 1 aliphatic carbocycles. The fourth-order valence-corrected chi connectivity index (χ4v) is 3.85. The third-order valence-corrected chi connectivity index (χ3v) is 5.14. The van der Waals surface area contributed by atoms with E-state index < -0.39 is 0 Å². The van der Waals surface area contributed by atoms with Crippen LogP contribution in [0.1, 0.15) is 64.8 Å². The van der Waals surface area contributed by atoms with Gasteiger partial charge < -0.3 is 9.73 Å². The van der Waals surface area contributed by atoms with Gasteiger partial charge in [0.2, 0.25) is 0 Å². The summed E-state index contributed by atoms with van der Waals surface area (Å²) in [5, 5.41) is 6.23. The summed E-state index contributed by atoms with van der Waals surface area (Å²) < 4.78 is 5.15. The van der Waals surface area contributed by atoms with Crippen molar-refractivity contribution >= 4 is 17.2 Å². The zero-order chi connectivity index (χ0) is 15.4. The minimum absolute atomic E-state index is 0.0825. The van der Waals surface area contributed by atoms with Crippen LogP contribution >= 0.6 is 11.3 Å². The maximum Gasteiger partial charge on any atom is 0.254 e. The van der Waals surface area contributed by atoms with Crippen molar-refractivity contribution < 1.29 is 9.21 Å². The van der Waals surface area contributed by atoms with Gasteiger partial charge in [0, 0.05) is 24.3 Å². The predicted molar refractivity (Wildman–Crippen MR) is 87.4 cm³/mol. The van der Waals surface area contributed by atoms with Crippen molar-refractivity contribution in [3.63, 3.8) is 0 Å². The molecule has 0 bridgehead atoms. The smallest absolute Gasteiger partial charge is 0.254 e. The first-order valence-electron chi connectivity index (χ1n) is 8.00. The molecule has 0 spiro atoms. The Bertz CT molecular complexity index is 626. The molecular weight excluding hydrogens is 296 g/mol. The molecule has 0 radical (unpaired) electrons. The van der Waals surface area contributed by atoms with Crippen LogP contribution in [0, 0.1) is 6.92 Å². The quantitative estimate of drug-likeness (QED) is 0.904. The fraction of sp³-hybridized carbons (Fsp3) is 0.529. The van der Waals surface area contributed by atoms with E-state index in [4.69, 9.17) is 9.40 Å². The summed E-state index contributed by atoms with van der Waals surface area (Å²) in [6, 6.07) is 1.75. The number of carbonyl (C=O) groups is 1. The SMILES string of the molecule is Cc1cc(C(=O)NCCc2nc(C3CCCCC3)cs2)co1. The summed E-state index contributed by atoms with van der Waals surface area (Å²) in [6.07, 6.45) is 8.87. The van der Waals surface area contributed by atoms with E-state index in [1.54, 1.807) is 17.4 Å². The third-order valence-electron chi connectivity index (χ3n) is 4.21. The Balaban J connectivity index is 1.47. The lowest BCUT2D eigenvalue weighted by atomic mass is 9.87. The van der Waals surface area contributed by atoms with Crippen molar-refractivity contribution in [1.82, 2.24) is 10.3 Å². The molecule has 0 saturated heterocycles. The number of hydrogen-bond acceptors (Lipinski definition) is 4. The van der Waals surface area contributed by atoms with E-state index in [0.717, 1.165) is 17.2 Å². The average molecular weight is 318 g/mol. The van der Waals surface area contributed by atoms with Gasteiger partial charge in [-0.2, -0.15) is 0 Å². The van der Waals surface area contributed by atoms with E-state index in [1.807, 2.05) is 6.92 Å². The van der Waals surface area contributed by atoms with Crippen LogP contribution in [0.4, 0.5) is 0 Å². The topological polar surface area (TPSA) is 55.1 Å². The highest BCUT2D eigenvalue weighted by molar-refractivity contribution is 7.09. The second kappa shape index (κ2) is 7.09. The van der Waals surface area contributed by atoms with Gasteiger partial charge in [-0.3, -0.25) is 4.79 Å². The van der Waals surface area contributed by atoms with Gasteiger partial charge >= 0.3 is 0 Å². The first-order valence-corrected chi connectivity index (χ1v) is 8.88. The number of furan rings is 1. The standard InChI is InChI=1S/C17H22N2O2S/c1-12-9-14(10-21-12)17(20)18-8-7-16-19-15(11-22-16)13-5-3-2-4-6-13/h9-11,13H,2-8H2,1H3,(H,18,20). The van der Waals surface area contributed by atoms with Gasteiger partial charge in [0.1, 0.15) is 12.0 Å². The number of amides is 1. The minimum atomic E-state index is -0.0825. The lowest BCUT2D eigenvalue weighted by molar-refractivity contribution is 0.0953. The minimum Gasteiger partial charge on any atom is -0.469 e. The zero-order valence-corrected chi connectivity index (χ0v) is 13.7. The third kappa shape index (κ3) is 3.77. The molecule has 1 amide bonds. The van der Waals surface area contributed by atoms with E-state index in [9.17, 15) is 4.79 Å². The molecule has 22 heavy (non-hydrogen) atoms. The summed E-state index contributed by atoms with van der Waals surface area (Å²) >= 11 is 1.71. The van der Waals surface area contributed by atoms with Crippen molar-refractivity contribution in [2.75, 3.05) is 6.54 Å². The number of aryl methyl sites for hydroxylation is 1. The van der Waals surface area contributed by atoms with E-state index in [0.29, 0.717) is 18.0 Å². The van der Waals surface area contributed by atoms with Crippen molar-refractivity contribution in [2.24, 2.45) is 0 Å². The summed E-state index contributed by atoms with van der Waals surface area (Å²) in [4.78, 5) is 16.7. The Kier molecular flexibility index (Phi) is 4.93. The highest BCUT2D eigenvalue weighted by Crippen LogP contribution is 2.33. The van der Waals surface area contributed by atoms with Gasteiger partial charge in [-0.05, 0) is 25.8 Å². The van der Waals surface area contributed by atoms with Crippen LogP contribution in [-0.2, 0) is 6.42 Å². The van der Waals surface area contributed by atoms with E-state index in [2.05, 4.69) is 10.7 Å². The fourth-order valence-electron chi connectivity index (χ4n) is 2.97. The van der Waals surface area contributed by atoms with Crippen LogP contribution in [0.25, 0.3) is 0 Å². The Morgan fingerprint density at radius 2 is 2.23 bits per heavy atom. The molecule has 1 fully saturated rings. The highest BCUT2D eigenvalue weighted by atomic mass is 32.1. The van der Waals surface area contributed by atoms with Gasteiger partial charge in [0.15, 0.2) is 0 Å². The van der Waals surface area contributed by atoms with Crippen LogP contribution < -0.4 is 5.32 Å². The number of nitrogens with zero attached hydrogens (tertiary/aromatic N) is 1. The van der Waals surface area contributed by atoms with Crippen molar-refractivity contribution in [3.8, 4) is 0 Å². The second-order valence-corrected chi connectivity index (χ2v) is 6.90. The zero-order valence-electron chi connectivity index (χ0n) is 12.9. The van der Waals surface area contributed by atoms with Gasteiger partial charge in [0.25, 0.3) is 5.91 Å². The van der Waals surface area contributed by atoms with Crippen molar-refractivity contribution in [3.05, 3.63) is 39.7 Å². The van der Waals surface area contributed by atoms with Crippen molar-refractivity contribution in [1.29, 1.82) is 0 Å². The summed E-state index contributed by atoms with van der Waals surface area (Å²) in [5.41, 5.74) is 1.84. The van der Waals surface area contributed by atoms with E-state index in [1.165, 1.54) is 44.1 Å². The molecule has 0 aromatic carbocycles. The van der Waals surface area contributed by atoms with Gasteiger partial charge in [0.05, 0.1) is 16.3 Å². The first kappa shape index (κ1) is 15.3. The molecule has 3 rings (SSSR count). The van der Waals surface area contributed by atoms with Gasteiger partial charge in [-0.25, -0.2) is 4.98 Å². The summed E-state index contributed by atoms with van der Waals surface area (Å²) in [6.45, 7) is 2.44. The van der Waals surface area contributed by atoms with Crippen LogP contribution in [0.3, 0.4) is 0 Å². The Hall–Kier alpha value is -1.62. The lowest BCUT2D eigenvalue weighted by Gasteiger charge is -2.19. The van der Waals surface area contributed by atoms with Crippen LogP contribution in [0.5, 0.6) is 0 Å². The number of aromatic nitrogens is 1. The molecule has 4 nitrogen and oxygen atoms in total. The lowest BCUT2D eigenvalue weighted by Crippen LogP contribution is -2.25. The number of thiazole rings is 1. The summed E-state index contributed by atoms with van der Waals surface area (Å²) in [7, 11) is 0. The number of nitrogens with one attached hydrogen (secondary N) is 1. The molecule has 1 N–H and O–H groups in total. The largest absolute Gasteiger partial charge is 0.469 e. The molecule has 1 saturated carbocycles.